The van der Waals surface area contributed by atoms with Crippen LogP contribution in [0.25, 0.3) is 10.4 Å². The van der Waals surface area contributed by atoms with Crippen LogP contribution >= 0.6 is 0 Å². The summed E-state index contributed by atoms with van der Waals surface area (Å²) in [6.07, 6.45) is -0.434. The number of benzene rings is 2. The molecule has 1 amide bonds. The van der Waals surface area contributed by atoms with E-state index in [-0.39, 0.29) is 13.1 Å². The fraction of sp³-hybridized carbons (Fsp3) is 0.211. The second-order valence-electron chi connectivity index (χ2n) is 5.47. The number of nitrogens with one attached hydrogen (secondary N) is 1. The fourth-order valence-corrected chi connectivity index (χ4v) is 2.68. The van der Waals surface area contributed by atoms with Crippen molar-refractivity contribution in [3.05, 3.63) is 81.2 Å². The van der Waals surface area contributed by atoms with Gasteiger partial charge in [0.15, 0.2) is 0 Å². The topological polar surface area (TPSA) is 87.1 Å². The number of alkyl carbamates (subject to hydrolysis) is 1. The van der Waals surface area contributed by atoms with Crippen LogP contribution in [0.3, 0.4) is 0 Å². The van der Waals surface area contributed by atoms with Crippen molar-refractivity contribution >= 4 is 6.09 Å². The second kappa shape index (κ2) is 7.91. The third-order valence-electron chi connectivity index (χ3n) is 3.86. The summed E-state index contributed by atoms with van der Waals surface area (Å²) in [4.78, 5) is 14.7. The first-order valence-corrected chi connectivity index (χ1v) is 7.92. The molecule has 1 unspecified atom stereocenters. The number of carbonyl (C=O) groups excluding carboxylic acids is 1. The minimum Gasteiger partial charge on any atom is -0.441 e. The predicted molar refractivity (Wildman–Crippen MR) is 93.8 cm³/mol. The molecule has 3 rings (SSSR count). The quantitative estimate of drug-likeness (QED) is 0.304. The minimum atomic E-state index is -0.543. The standard InChI is InChI=1S/C19H16N4O2/c20-23-22-12-11-21-19(24)25-18-13-16-7-2-1-5-14(16)9-10-15-6-3-4-8-17(15)18/h1-8,18H,11-13H2,(H,21,24). The zero-order valence-electron chi connectivity index (χ0n) is 13.5. The first kappa shape index (κ1) is 16.4. The van der Waals surface area contributed by atoms with E-state index >= 15 is 0 Å². The maximum Gasteiger partial charge on any atom is 0.407 e. The number of azide groups is 1. The molecular weight excluding hydrogens is 316 g/mol. The van der Waals surface area contributed by atoms with Crippen LogP contribution in [0.15, 0.2) is 53.6 Å². The molecule has 0 bridgehead atoms. The van der Waals surface area contributed by atoms with Gasteiger partial charge in [0, 0.05) is 41.1 Å². The highest BCUT2D eigenvalue weighted by atomic mass is 16.6. The molecule has 0 saturated heterocycles. The normalized spacial score (nSPS) is 14.3. The molecule has 25 heavy (non-hydrogen) atoms. The van der Waals surface area contributed by atoms with Crippen molar-refractivity contribution in [3.8, 4) is 11.8 Å². The molecule has 124 valence electrons. The van der Waals surface area contributed by atoms with Crippen LogP contribution in [0, 0.1) is 11.8 Å². The van der Waals surface area contributed by atoms with Gasteiger partial charge in [0.1, 0.15) is 6.10 Å². The highest BCUT2D eigenvalue weighted by molar-refractivity contribution is 5.68. The number of nitrogens with zero attached hydrogens (tertiary/aromatic N) is 3. The maximum atomic E-state index is 12.1. The van der Waals surface area contributed by atoms with E-state index in [4.69, 9.17) is 10.3 Å². The van der Waals surface area contributed by atoms with E-state index in [1.807, 2.05) is 48.5 Å². The number of carbonyl (C=O) groups is 1. The van der Waals surface area contributed by atoms with Gasteiger partial charge in [-0.2, -0.15) is 0 Å². The van der Waals surface area contributed by atoms with Gasteiger partial charge in [-0.3, -0.25) is 0 Å². The summed E-state index contributed by atoms with van der Waals surface area (Å²) in [5.74, 6) is 6.36. The molecular formula is C19H16N4O2. The average Bonchev–Trinajstić information content (AvgIpc) is 2.63. The Hall–Kier alpha value is -3.42. The van der Waals surface area contributed by atoms with Crippen LogP contribution in [0.5, 0.6) is 0 Å². The molecule has 0 fully saturated rings. The van der Waals surface area contributed by atoms with E-state index in [2.05, 4.69) is 27.2 Å². The number of hydrogen-bond donors (Lipinski definition) is 1. The first-order valence-electron chi connectivity index (χ1n) is 7.92. The lowest BCUT2D eigenvalue weighted by Crippen LogP contribution is -2.29. The molecule has 1 N–H and O–H groups in total. The maximum absolute atomic E-state index is 12.1. The lowest BCUT2D eigenvalue weighted by Gasteiger charge is -2.22. The summed E-state index contributed by atoms with van der Waals surface area (Å²) >= 11 is 0. The van der Waals surface area contributed by atoms with E-state index < -0.39 is 12.2 Å². The van der Waals surface area contributed by atoms with Gasteiger partial charge in [0.05, 0.1) is 0 Å². The Kier molecular flexibility index (Phi) is 5.20. The van der Waals surface area contributed by atoms with Gasteiger partial charge in [-0.15, -0.1) is 0 Å². The van der Waals surface area contributed by atoms with Crippen LogP contribution in [-0.2, 0) is 11.2 Å². The van der Waals surface area contributed by atoms with E-state index in [1.165, 1.54) is 0 Å². The van der Waals surface area contributed by atoms with E-state index in [0.29, 0.717) is 6.42 Å². The molecule has 1 atom stereocenters. The molecule has 6 nitrogen and oxygen atoms in total. The van der Waals surface area contributed by atoms with Crippen molar-refractivity contribution in [1.82, 2.24) is 5.32 Å². The molecule has 0 spiro atoms. The predicted octanol–water partition coefficient (Wildman–Crippen LogP) is 3.72. The third kappa shape index (κ3) is 4.11. The van der Waals surface area contributed by atoms with E-state index in [9.17, 15) is 4.79 Å². The summed E-state index contributed by atoms with van der Waals surface area (Å²) < 4.78 is 5.64. The Bertz CT molecular complexity index is 892. The first-order chi connectivity index (χ1) is 12.3. The molecule has 1 aliphatic rings. The van der Waals surface area contributed by atoms with Crippen LogP contribution in [-0.4, -0.2) is 19.2 Å². The smallest absolute Gasteiger partial charge is 0.407 e. The Morgan fingerprint density at radius 1 is 1.20 bits per heavy atom. The lowest BCUT2D eigenvalue weighted by molar-refractivity contribution is 0.0975. The highest BCUT2D eigenvalue weighted by Gasteiger charge is 2.22. The summed E-state index contributed by atoms with van der Waals surface area (Å²) in [6.45, 7) is 0.412. The largest absolute Gasteiger partial charge is 0.441 e. The SMILES string of the molecule is [N-]=[N+]=NCCNC(=O)OC1Cc2ccccc2C#Cc2ccccc21. The van der Waals surface area contributed by atoms with Crippen LogP contribution in [0.1, 0.15) is 28.4 Å². The Labute approximate surface area is 145 Å². The summed E-state index contributed by atoms with van der Waals surface area (Å²) in [7, 11) is 0. The zero-order valence-corrected chi connectivity index (χ0v) is 13.5. The summed E-state index contributed by atoms with van der Waals surface area (Å²) in [6, 6.07) is 15.5. The summed E-state index contributed by atoms with van der Waals surface area (Å²) in [5, 5.41) is 5.97. The Morgan fingerprint density at radius 2 is 1.92 bits per heavy atom. The van der Waals surface area contributed by atoms with Gasteiger partial charge >= 0.3 is 6.09 Å². The minimum absolute atomic E-state index is 0.182. The van der Waals surface area contributed by atoms with Crippen LogP contribution < -0.4 is 5.32 Å². The van der Waals surface area contributed by atoms with Crippen LogP contribution in [0.2, 0.25) is 0 Å². The molecule has 0 aliphatic heterocycles. The summed E-state index contributed by atoms with van der Waals surface area (Å²) in [5.41, 5.74) is 12.0. The Morgan fingerprint density at radius 3 is 2.76 bits per heavy atom. The molecule has 2 aromatic carbocycles. The second-order valence-corrected chi connectivity index (χ2v) is 5.47. The van der Waals surface area contributed by atoms with Gasteiger partial charge in [-0.25, -0.2) is 4.79 Å². The average molecular weight is 332 g/mol. The molecule has 6 heteroatoms. The number of amides is 1. The van der Waals surface area contributed by atoms with Gasteiger partial charge in [-0.05, 0) is 23.2 Å². The Balaban J connectivity index is 1.84. The van der Waals surface area contributed by atoms with E-state index in [0.717, 1.165) is 22.3 Å². The fourth-order valence-electron chi connectivity index (χ4n) is 2.68. The van der Waals surface area contributed by atoms with Gasteiger partial charge < -0.3 is 10.1 Å². The van der Waals surface area contributed by atoms with E-state index in [1.54, 1.807) is 0 Å². The molecule has 2 aromatic rings. The molecule has 0 saturated carbocycles. The van der Waals surface area contributed by atoms with Crippen LogP contribution in [0.4, 0.5) is 4.79 Å². The van der Waals surface area contributed by atoms with Crippen molar-refractivity contribution in [2.24, 2.45) is 5.11 Å². The number of hydrogen-bond acceptors (Lipinski definition) is 3. The molecule has 0 radical (unpaired) electrons. The lowest BCUT2D eigenvalue weighted by atomic mass is 9.92. The highest BCUT2D eigenvalue weighted by Crippen LogP contribution is 2.28. The van der Waals surface area contributed by atoms with Gasteiger partial charge in [0.25, 0.3) is 0 Å². The van der Waals surface area contributed by atoms with Crippen molar-refractivity contribution in [2.75, 3.05) is 13.1 Å². The number of ether oxygens (including phenoxy) is 1. The zero-order chi connectivity index (χ0) is 17.5. The van der Waals surface area contributed by atoms with Gasteiger partial charge in [0.2, 0.25) is 0 Å². The van der Waals surface area contributed by atoms with Gasteiger partial charge in [-0.1, -0.05) is 53.4 Å². The monoisotopic (exact) mass is 332 g/mol. The third-order valence-corrected chi connectivity index (χ3v) is 3.86. The van der Waals surface area contributed by atoms with Crippen molar-refractivity contribution in [1.29, 1.82) is 0 Å². The van der Waals surface area contributed by atoms with Crippen molar-refractivity contribution in [2.45, 2.75) is 12.5 Å². The van der Waals surface area contributed by atoms with Crippen molar-refractivity contribution in [3.63, 3.8) is 0 Å². The molecule has 1 aliphatic carbocycles. The molecule has 0 heterocycles. The van der Waals surface area contributed by atoms with Crippen molar-refractivity contribution < 1.29 is 9.53 Å². The molecule has 0 aromatic heterocycles. The number of fused-ring (bicyclic) bond motifs is 2. The number of rotatable bonds is 4.